The number of allylic oxidation sites excluding steroid dienone is 18. The standard InChI is InChI=1S/C85H110BN3O/c1-51-28-29-52(2)60-48-73-61(47-59(51)60)77-78(90-73)86-67-49-65-66(84(15,16)41-40-83(65,13)14)50-70(67)89(69-37-36-63-75(85(17,18)43-42-81(63,9)10)74(69)54-30-32-55(33-31-54)79(4,5)6)72-46-58(87(56-25-20-19-21-26-56)68-27-23-22-24-53(68)3)45-71(76(72)86)88(77)57-34-35-62-64(44-57)82(11,12)39-38-80(62,7)8/h20,22-27,30,32,34-37,44,46,48-49,51-53,59,63,66,68,71,75H,19,21,28-29,31,33,38-43,45,47,50H2,1-18H3/i3D3. The highest BCUT2D eigenvalue weighted by atomic mass is 16.3. The van der Waals surface area contributed by atoms with E-state index >= 15 is 0 Å². The van der Waals surface area contributed by atoms with Crippen molar-refractivity contribution in [1.29, 1.82) is 0 Å². The van der Waals surface area contributed by atoms with E-state index in [-0.39, 0.29) is 56.6 Å². The molecule has 3 fully saturated rings. The summed E-state index contributed by atoms with van der Waals surface area (Å²) in [5.74, 6) is 2.90. The number of anilines is 2. The molecule has 1 aromatic heterocycles. The number of hydrogen-bond donors (Lipinski definition) is 0. The Labute approximate surface area is 549 Å². The lowest BCUT2D eigenvalue weighted by Crippen LogP contribution is -2.58. The van der Waals surface area contributed by atoms with Gasteiger partial charge in [-0.15, -0.1) is 0 Å². The summed E-state index contributed by atoms with van der Waals surface area (Å²) in [5.41, 5.74) is 25.3. The fourth-order valence-corrected chi connectivity index (χ4v) is 20.6. The van der Waals surface area contributed by atoms with Crippen LogP contribution in [0.3, 0.4) is 0 Å². The molecule has 0 saturated heterocycles. The highest BCUT2D eigenvalue weighted by Gasteiger charge is 2.59. The monoisotopic (exact) mass is 1200 g/mol. The van der Waals surface area contributed by atoms with Gasteiger partial charge in [-0.1, -0.05) is 208 Å². The van der Waals surface area contributed by atoms with Gasteiger partial charge in [-0.2, -0.15) is 0 Å². The molecule has 90 heavy (non-hydrogen) atoms. The first-order valence-electron chi connectivity index (χ1n) is 37.5. The van der Waals surface area contributed by atoms with Crippen LogP contribution in [0.25, 0.3) is 6.08 Å². The molecule has 11 aliphatic carbocycles. The van der Waals surface area contributed by atoms with E-state index in [2.05, 4.69) is 224 Å². The van der Waals surface area contributed by atoms with Gasteiger partial charge in [0.2, 0.25) is 0 Å². The van der Waals surface area contributed by atoms with Crippen molar-refractivity contribution in [3.8, 4) is 0 Å². The van der Waals surface area contributed by atoms with Crippen LogP contribution in [0.5, 0.6) is 0 Å². The number of fused-ring (bicyclic) bond motifs is 9. The van der Waals surface area contributed by atoms with Gasteiger partial charge in [-0.3, -0.25) is 0 Å². The largest absolute Gasteiger partial charge is 0.468 e. The molecular formula is C85H110BN3O. The Bertz CT molecular complexity index is 3940. The molecule has 4 nitrogen and oxygen atoms in total. The van der Waals surface area contributed by atoms with E-state index in [1.807, 2.05) is 12.2 Å². The van der Waals surface area contributed by atoms with Crippen molar-refractivity contribution < 1.29 is 8.53 Å². The molecule has 2 aromatic rings. The van der Waals surface area contributed by atoms with Gasteiger partial charge in [-0.25, -0.2) is 0 Å². The molecule has 2 aliphatic heterocycles. The summed E-state index contributed by atoms with van der Waals surface area (Å²) in [5, 5.41) is 0. The zero-order valence-electron chi connectivity index (χ0n) is 61.4. The molecule has 13 aliphatic rings. The van der Waals surface area contributed by atoms with Crippen LogP contribution in [0.1, 0.15) is 241 Å². The van der Waals surface area contributed by atoms with Crippen LogP contribution >= 0.6 is 0 Å². The Morgan fingerprint density at radius 3 is 2.20 bits per heavy atom. The first-order valence-corrected chi connectivity index (χ1v) is 36.0. The van der Waals surface area contributed by atoms with Gasteiger partial charge in [0.1, 0.15) is 5.76 Å². The van der Waals surface area contributed by atoms with Gasteiger partial charge in [-0.05, 0) is 239 Å². The molecule has 0 bridgehead atoms. The van der Waals surface area contributed by atoms with Crippen LogP contribution in [-0.4, -0.2) is 28.6 Å². The van der Waals surface area contributed by atoms with Crippen LogP contribution < -0.4 is 10.6 Å². The smallest absolute Gasteiger partial charge is 0.292 e. The predicted molar refractivity (Wildman–Crippen MR) is 380 cm³/mol. The summed E-state index contributed by atoms with van der Waals surface area (Å²) in [6.07, 6.45) is 49.9. The van der Waals surface area contributed by atoms with Gasteiger partial charge in [0, 0.05) is 50.3 Å². The average Bonchev–Trinajstić information content (AvgIpc) is 1.67. The zero-order chi connectivity index (χ0) is 65.8. The molecule has 0 amide bonds. The van der Waals surface area contributed by atoms with Gasteiger partial charge >= 0.3 is 0 Å². The second-order valence-electron chi connectivity index (χ2n) is 36.1. The van der Waals surface area contributed by atoms with Crippen molar-refractivity contribution in [2.75, 3.05) is 4.90 Å². The summed E-state index contributed by atoms with van der Waals surface area (Å²) in [6.45, 7) is 40.4. The van der Waals surface area contributed by atoms with Gasteiger partial charge in [0.25, 0.3) is 6.71 Å². The number of rotatable bonds is 6. The third-order valence-electron chi connectivity index (χ3n) is 26.7. The van der Waals surface area contributed by atoms with E-state index < -0.39 is 18.8 Å². The van der Waals surface area contributed by atoms with Crippen molar-refractivity contribution in [2.45, 2.75) is 244 Å². The molecule has 0 radical (unpaired) electrons. The summed E-state index contributed by atoms with van der Waals surface area (Å²) < 4.78 is 36.1. The number of furan rings is 1. The first-order chi connectivity index (χ1) is 43.7. The maximum Gasteiger partial charge on any atom is 0.292 e. The summed E-state index contributed by atoms with van der Waals surface area (Å²) >= 11 is 0. The first kappa shape index (κ1) is 57.3. The van der Waals surface area contributed by atoms with Gasteiger partial charge < -0.3 is 19.1 Å². The molecule has 9 atom stereocenters. The molecule has 0 N–H and O–H groups in total. The number of nitrogens with zero attached hydrogens (tertiary/aromatic N) is 3. The average molecular weight is 1200 g/mol. The molecule has 1 aromatic carbocycles. The van der Waals surface area contributed by atoms with Gasteiger partial charge in [0.15, 0.2) is 0 Å². The topological polar surface area (TPSA) is 22.9 Å². The van der Waals surface area contributed by atoms with Crippen LogP contribution in [0, 0.1) is 68.5 Å². The van der Waals surface area contributed by atoms with Gasteiger partial charge in [0.05, 0.1) is 23.4 Å². The minimum atomic E-state index is -2.23. The normalized spacial score (nSPS) is 33.4. The molecule has 15 rings (SSSR count). The number of hydrogen-bond acceptors (Lipinski definition) is 4. The highest BCUT2D eigenvalue weighted by molar-refractivity contribution is 6.88. The Kier molecular flexibility index (Phi) is 13.2. The minimum Gasteiger partial charge on any atom is -0.468 e. The lowest BCUT2D eigenvalue weighted by molar-refractivity contribution is 0.0257. The maximum absolute atomic E-state index is 9.35. The van der Waals surface area contributed by atoms with E-state index in [0.29, 0.717) is 36.0 Å². The van der Waals surface area contributed by atoms with Crippen molar-refractivity contribution in [2.24, 2.45) is 68.5 Å². The van der Waals surface area contributed by atoms with Crippen LogP contribution in [0.2, 0.25) is 0 Å². The zero-order valence-corrected chi connectivity index (χ0v) is 58.4. The van der Waals surface area contributed by atoms with E-state index in [0.717, 1.165) is 68.5 Å². The molecule has 9 unspecified atom stereocenters. The third kappa shape index (κ3) is 9.42. The van der Waals surface area contributed by atoms with Crippen molar-refractivity contribution in [3.63, 3.8) is 0 Å². The van der Waals surface area contributed by atoms with Crippen molar-refractivity contribution in [1.82, 2.24) is 9.80 Å². The molecule has 3 heterocycles. The lowest BCUT2D eigenvalue weighted by atomic mass is 9.31. The third-order valence-corrected chi connectivity index (χ3v) is 26.7. The molecular weight excluding hydrogens is 1090 g/mol. The van der Waals surface area contributed by atoms with Crippen molar-refractivity contribution >= 4 is 29.8 Å². The molecule has 0 spiro atoms. The van der Waals surface area contributed by atoms with E-state index in [1.165, 1.54) is 111 Å². The second-order valence-corrected chi connectivity index (χ2v) is 36.1. The predicted octanol–water partition coefficient (Wildman–Crippen LogP) is 21.7. The highest BCUT2D eigenvalue weighted by Crippen LogP contribution is 2.65. The van der Waals surface area contributed by atoms with Crippen molar-refractivity contribution in [3.05, 3.63) is 187 Å². The quantitative estimate of drug-likeness (QED) is 0.269. The second kappa shape index (κ2) is 20.8. The van der Waals surface area contributed by atoms with Crippen LogP contribution in [0.4, 0.5) is 11.4 Å². The van der Waals surface area contributed by atoms with Crippen LogP contribution in [-0.2, 0) is 17.3 Å². The molecule has 5 heteroatoms. The molecule has 3 saturated carbocycles. The Hall–Kier alpha value is -5.42. The fraction of sp³-hybridized carbons (Fsp3) is 0.576. The minimum absolute atomic E-state index is 0.0202. The summed E-state index contributed by atoms with van der Waals surface area (Å²) in [7, 11) is 0. The summed E-state index contributed by atoms with van der Waals surface area (Å²) in [6, 6.07) is 7.10. The number of benzene rings is 1. The van der Waals surface area contributed by atoms with E-state index in [9.17, 15) is 4.11 Å². The molecule has 474 valence electrons. The van der Waals surface area contributed by atoms with Crippen LogP contribution in [0.15, 0.2) is 169 Å². The SMILES string of the molecule is [2H]C([2H])([2H])C1C=CC=CC1N(C1=CCCC=C1)C1=CC2=C3B(C4=C(CC5C(=C4)C(C)(C)CCC5(C)C)N2C2=C(C4=CC=C(C(C)(C)C)CC4)C4C(C=C2)C(C)(C)CCC4(C)C)c2oc4c(c2N(c2ccc5c(c2)C(C)(C)CCC5(C)C)C3C1)CC1C(=C4)C(C)CCC1C. The Morgan fingerprint density at radius 2 is 1.47 bits per heavy atom. The maximum atomic E-state index is 9.35. The summed E-state index contributed by atoms with van der Waals surface area (Å²) in [4.78, 5) is 8.32. The van der Waals surface area contributed by atoms with E-state index in [1.54, 1.807) is 16.7 Å². The lowest BCUT2D eigenvalue weighted by Gasteiger charge is -2.57. The fourth-order valence-electron chi connectivity index (χ4n) is 20.6. The Morgan fingerprint density at radius 1 is 0.722 bits per heavy atom. The Balaban J connectivity index is 1.09. The van der Waals surface area contributed by atoms with E-state index in [4.69, 9.17) is 4.42 Å².